The van der Waals surface area contributed by atoms with Crippen molar-refractivity contribution >= 4 is 5.91 Å². The maximum atomic E-state index is 13.2. The van der Waals surface area contributed by atoms with Gasteiger partial charge >= 0.3 is 0 Å². The molecule has 3 atom stereocenters. The van der Waals surface area contributed by atoms with Crippen LogP contribution < -0.4 is 5.73 Å². The number of rotatable bonds is 3. The Labute approximate surface area is 143 Å². The lowest BCUT2D eigenvalue weighted by Crippen LogP contribution is -2.42. The minimum atomic E-state index is 0.131. The van der Waals surface area contributed by atoms with Crippen LogP contribution in [-0.2, 0) is 0 Å². The molecule has 1 saturated carbocycles. The molecular formula is C21H24N2O. The van der Waals surface area contributed by atoms with Crippen molar-refractivity contribution in [2.45, 2.75) is 26.3 Å². The Balaban J connectivity index is 1.71. The number of carbonyl (C=O) groups excluding carboxylic acids is 1. The Morgan fingerprint density at radius 3 is 2.71 bits per heavy atom. The molecule has 0 unspecified atom stereocenters. The van der Waals surface area contributed by atoms with Gasteiger partial charge in [0.25, 0.3) is 5.91 Å². The molecular weight excluding hydrogens is 296 g/mol. The molecule has 24 heavy (non-hydrogen) atoms. The summed E-state index contributed by atoms with van der Waals surface area (Å²) in [6.07, 6.45) is 1.24. The molecule has 1 aliphatic heterocycles. The Morgan fingerprint density at radius 2 is 1.96 bits per heavy atom. The Kier molecular flexibility index (Phi) is 3.69. The summed E-state index contributed by atoms with van der Waals surface area (Å²) in [5.41, 5.74) is 11.4. The van der Waals surface area contributed by atoms with Gasteiger partial charge in [-0.05, 0) is 60.4 Å². The predicted octanol–water partition coefficient (Wildman–Crippen LogP) is 3.39. The molecule has 1 amide bonds. The van der Waals surface area contributed by atoms with Crippen LogP contribution in [0.2, 0.25) is 0 Å². The van der Waals surface area contributed by atoms with Crippen LogP contribution >= 0.6 is 0 Å². The molecule has 0 bridgehead atoms. The van der Waals surface area contributed by atoms with Crippen molar-refractivity contribution in [3.8, 4) is 11.1 Å². The predicted molar refractivity (Wildman–Crippen MR) is 96.8 cm³/mol. The number of fused-ring (bicyclic) bond motifs is 1. The minimum Gasteiger partial charge on any atom is -0.334 e. The van der Waals surface area contributed by atoms with E-state index in [0.717, 1.165) is 23.2 Å². The Hall–Kier alpha value is -2.13. The van der Waals surface area contributed by atoms with Crippen molar-refractivity contribution in [1.82, 2.24) is 4.90 Å². The lowest BCUT2D eigenvalue weighted by atomic mass is 9.95. The van der Waals surface area contributed by atoms with Crippen molar-refractivity contribution in [2.24, 2.45) is 17.6 Å². The first-order valence-corrected chi connectivity index (χ1v) is 8.78. The number of aryl methyl sites for hydroxylation is 2. The van der Waals surface area contributed by atoms with Crippen LogP contribution in [0.4, 0.5) is 0 Å². The van der Waals surface area contributed by atoms with Gasteiger partial charge in [-0.3, -0.25) is 4.79 Å². The zero-order valence-electron chi connectivity index (χ0n) is 14.3. The number of nitrogens with two attached hydrogens (primary N) is 1. The summed E-state index contributed by atoms with van der Waals surface area (Å²) in [5.74, 6) is 1.44. The summed E-state index contributed by atoms with van der Waals surface area (Å²) in [7, 11) is 0. The van der Waals surface area contributed by atoms with E-state index in [0.29, 0.717) is 18.4 Å². The van der Waals surface area contributed by atoms with Crippen LogP contribution in [0.5, 0.6) is 0 Å². The van der Waals surface area contributed by atoms with Gasteiger partial charge in [0.2, 0.25) is 0 Å². The summed E-state index contributed by atoms with van der Waals surface area (Å²) < 4.78 is 0. The van der Waals surface area contributed by atoms with Gasteiger partial charge in [0.1, 0.15) is 0 Å². The highest BCUT2D eigenvalue weighted by molar-refractivity contribution is 6.01. The van der Waals surface area contributed by atoms with Gasteiger partial charge in [-0.25, -0.2) is 0 Å². The van der Waals surface area contributed by atoms with Crippen LogP contribution in [0.3, 0.4) is 0 Å². The van der Waals surface area contributed by atoms with E-state index in [1.165, 1.54) is 17.5 Å². The molecule has 2 aromatic carbocycles. The van der Waals surface area contributed by atoms with Crippen LogP contribution in [0.15, 0.2) is 42.5 Å². The quantitative estimate of drug-likeness (QED) is 0.942. The average Bonchev–Trinajstić information content (AvgIpc) is 3.27. The minimum absolute atomic E-state index is 0.131. The third-order valence-corrected chi connectivity index (χ3v) is 5.78. The fourth-order valence-corrected chi connectivity index (χ4v) is 4.09. The SMILES string of the molecule is Cc1ccc(-c2ccccc2C(=O)N2C[C@H]3C[C@H]3[C@H]2CN)cc1C. The number of hydrogen-bond donors (Lipinski definition) is 1. The normalized spacial score (nSPS) is 24.8. The molecule has 2 N–H and O–H groups in total. The van der Waals surface area contributed by atoms with E-state index >= 15 is 0 Å². The van der Waals surface area contributed by atoms with Crippen LogP contribution in [0.1, 0.15) is 27.9 Å². The van der Waals surface area contributed by atoms with E-state index in [1.54, 1.807) is 0 Å². The van der Waals surface area contributed by atoms with E-state index in [9.17, 15) is 4.79 Å². The third-order valence-electron chi connectivity index (χ3n) is 5.78. The zero-order valence-corrected chi connectivity index (χ0v) is 14.3. The van der Waals surface area contributed by atoms with Gasteiger partial charge in [0.05, 0.1) is 0 Å². The molecule has 3 heteroatoms. The van der Waals surface area contributed by atoms with E-state index in [1.807, 2.05) is 29.2 Å². The van der Waals surface area contributed by atoms with Crippen molar-refractivity contribution in [3.63, 3.8) is 0 Å². The molecule has 0 radical (unpaired) electrons. The summed E-state index contributed by atoms with van der Waals surface area (Å²) in [6, 6.07) is 14.6. The Bertz CT molecular complexity index is 798. The molecule has 0 spiro atoms. The fraction of sp³-hybridized carbons (Fsp3) is 0.381. The lowest BCUT2D eigenvalue weighted by molar-refractivity contribution is 0.0713. The summed E-state index contributed by atoms with van der Waals surface area (Å²) in [6.45, 7) is 5.66. The lowest BCUT2D eigenvalue weighted by Gasteiger charge is -2.27. The molecule has 2 aromatic rings. The summed E-state index contributed by atoms with van der Waals surface area (Å²) in [5, 5.41) is 0. The van der Waals surface area contributed by atoms with Crippen molar-refractivity contribution in [3.05, 3.63) is 59.2 Å². The van der Waals surface area contributed by atoms with Crippen molar-refractivity contribution < 1.29 is 4.79 Å². The molecule has 2 fully saturated rings. The van der Waals surface area contributed by atoms with E-state index in [4.69, 9.17) is 5.73 Å². The van der Waals surface area contributed by atoms with Crippen molar-refractivity contribution in [1.29, 1.82) is 0 Å². The number of hydrogen-bond acceptors (Lipinski definition) is 2. The van der Waals surface area contributed by atoms with E-state index in [2.05, 4.69) is 32.0 Å². The number of piperidine rings is 1. The van der Waals surface area contributed by atoms with Gasteiger partial charge in [-0.1, -0.05) is 36.4 Å². The first-order valence-electron chi connectivity index (χ1n) is 8.78. The van der Waals surface area contributed by atoms with Crippen LogP contribution in [0, 0.1) is 25.7 Å². The van der Waals surface area contributed by atoms with Gasteiger partial charge in [0.15, 0.2) is 0 Å². The molecule has 1 saturated heterocycles. The number of benzene rings is 2. The second-order valence-electron chi connectivity index (χ2n) is 7.26. The van der Waals surface area contributed by atoms with Crippen LogP contribution in [0.25, 0.3) is 11.1 Å². The molecule has 1 aliphatic carbocycles. The molecule has 4 rings (SSSR count). The molecule has 0 aromatic heterocycles. The standard InChI is InChI=1S/C21H24N2O/c1-13-7-8-15(9-14(13)2)17-5-3-4-6-18(17)21(24)23-12-16-10-19(16)20(23)11-22/h3-9,16,19-20H,10-12,22H2,1-2H3/t16-,19-,20-/m1/s1. The number of nitrogens with zero attached hydrogens (tertiary/aromatic N) is 1. The second-order valence-corrected chi connectivity index (χ2v) is 7.26. The average molecular weight is 320 g/mol. The number of carbonyl (C=O) groups is 1. The molecule has 124 valence electrons. The maximum absolute atomic E-state index is 13.2. The van der Waals surface area contributed by atoms with Gasteiger partial charge in [0, 0.05) is 24.7 Å². The van der Waals surface area contributed by atoms with E-state index in [-0.39, 0.29) is 11.9 Å². The summed E-state index contributed by atoms with van der Waals surface area (Å²) >= 11 is 0. The smallest absolute Gasteiger partial charge is 0.254 e. The highest BCUT2D eigenvalue weighted by atomic mass is 16.2. The van der Waals surface area contributed by atoms with Crippen molar-refractivity contribution in [2.75, 3.05) is 13.1 Å². The second kappa shape index (κ2) is 5.75. The van der Waals surface area contributed by atoms with Crippen LogP contribution in [-0.4, -0.2) is 29.9 Å². The largest absolute Gasteiger partial charge is 0.334 e. The third kappa shape index (κ3) is 2.44. The maximum Gasteiger partial charge on any atom is 0.254 e. The first-order chi connectivity index (χ1) is 11.6. The fourth-order valence-electron chi connectivity index (χ4n) is 4.09. The molecule has 2 aliphatic rings. The Morgan fingerprint density at radius 1 is 1.17 bits per heavy atom. The monoisotopic (exact) mass is 320 g/mol. The number of amides is 1. The summed E-state index contributed by atoms with van der Waals surface area (Å²) in [4.78, 5) is 15.2. The van der Waals surface area contributed by atoms with E-state index < -0.39 is 0 Å². The highest BCUT2D eigenvalue weighted by Crippen LogP contribution is 2.49. The van der Waals surface area contributed by atoms with Gasteiger partial charge < -0.3 is 10.6 Å². The van der Waals surface area contributed by atoms with Gasteiger partial charge in [-0.15, -0.1) is 0 Å². The molecule has 3 nitrogen and oxygen atoms in total. The zero-order chi connectivity index (χ0) is 16.8. The molecule has 1 heterocycles. The first kappa shape index (κ1) is 15.4. The number of likely N-dealkylation sites (tertiary alicyclic amines) is 1. The topological polar surface area (TPSA) is 46.3 Å². The highest BCUT2D eigenvalue weighted by Gasteiger charge is 2.53. The van der Waals surface area contributed by atoms with Gasteiger partial charge in [-0.2, -0.15) is 0 Å².